The molecule has 4 heteroatoms. The number of fused-ring (bicyclic) bond motifs is 1. The first-order valence-electron chi connectivity index (χ1n) is 4.56. The van der Waals surface area contributed by atoms with Crippen LogP contribution in [0.3, 0.4) is 0 Å². The van der Waals surface area contributed by atoms with Gasteiger partial charge in [-0.25, -0.2) is 8.42 Å². The molecule has 0 bridgehead atoms. The molecule has 0 atom stereocenters. The van der Waals surface area contributed by atoms with Gasteiger partial charge in [0.15, 0.2) is 0 Å². The quantitative estimate of drug-likeness (QED) is 0.702. The molecule has 3 nitrogen and oxygen atoms in total. The van der Waals surface area contributed by atoms with Gasteiger partial charge < -0.3 is 0 Å². The highest BCUT2D eigenvalue weighted by Crippen LogP contribution is 2.31. The number of benzene rings is 1. The van der Waals surface area contributed by atoms with Gasteiger partial charge in [0, 0.05) is 6.54 Å². The third-order valence-corrected chi connectivity index (χ3v) is 3.80. The zero-order valence-corrected chi connectivity index (χ0v) is 9.13. The van der Waals surface area contributed by atoms with Crippen LogP contribution in [0.2, 0.25) is 0 Å². The standard InChI is InChI=1S/C10H13NO2S/c1-8-4-3-5-10-9(8)6-7-11(10)14(2,12)13/h3-5H,6-7H2,1-2H3. The number of hydrogen-bond donors (Lipinski definition) is 0. The van der Waals surface area contributed by atoms with E-state index in [0.717, 1.165) is 17.7 Å². The molecule has 1 aromatic rings. The van der Waals surface area contributed by atoms with E-state index in [1.54, 1.807) is 0 Å². The second-order valence-corrected chi connectivity index (χ2v) is 5.56. The number of sulfonamides is 1. The van der Waals surface area contributed by atoms with E-state index in [2.05, 4.69) is 0 Å². The summed E-state index contributed by atoms with van der Waals surface area (Å²) in [6.45, 7) is 2.60. The van der Waals surface area contributed by atoms with Crippen molar-refractivity contribution in [2.45, 2.75) is 13.3 Å². The molecule has 0 saturated carbocycles. The summed E-state index contributed by atoms with van der Waals surface area (Å²) < 4.78 is 24.3. The number of anilines is 1. The van der Waals surface area contributed by atoms with Crippen LogP contribution >= 0.6 is 0 Å². The summed E-state index contributed by atoms with van der Waals surface area (Å²) in [6, 6.07) is 5.79. The molecule has 1 aliphatic rings. The first-order chi connectivity index (χ1) is 6.50. The fourth-order valence-corrected chi connectivity index (χ4v) is 2.88. The van der Waals surface area contributed by atoms with Crippen LogP contribution in [0.5, 0.6) is 0 Å². The lowest BCUT2D eigenvalue weighted by Crippen LogP contribution is -2.27. The zero-order chi connectivity index (χ0) is 10.3. The number of aryl methyl sites for hydroxylation is 1. The van der Waals surface area contributed by atoms with Gasteiger partial charge in [0.25, 0.3) is 0 Å². The second kappa shape index (κ2) is 2.98. The summed E-state index contributed by atoms with van der Waals surface area (Å²) >= 11 is 0. The Morgan fingerprint density at radius 2 is 2.07 bits per heavy atom. The van der Waals surface area contributed by atoms with E-state index in [0.29, 0.717) is 6.54 Å². The molecule has 1 heterocycles. The van der Waals surface area contributed by atoms with Gasteiger partial charge in [0.2, 0.25) is 10.0 Å². The summed E-state index contributed by atoms with van der Waals surface area (Å²) in [5.41, 5.74) is 3.19. The fraction of sp³-hybridized carbons (Fsp3) is 0.400. The maximum Gasteiger partial charge on any atom is 0.232 e. The van der Waals surface area contributed by atoms with E-state index in [1.807, 2.05) is 25.1 Å². The molecular weight excluding hydrogens is 198 g/mol. The van der Waals surface area contributed by atoms with Crippen molar-refractivity contribution in [3.8, 4) is 0 Å². The lowest BCUT2D eigenvalue weighted by atomic mass is 10.1. The minimum Gasteiger partial charge on any atom is -0.270 e. The smallest absolute Gasteiger partial charge is 0.232 e. The third-order valence-electron chi connectivity index (χ3n) is 2.62. The highest BCUT2D eigenvalue weighted by atomic mass is 32.2. The molecule has 0 aliphatic carbocycles. The molecule has 1 aromatic carbocycles. The minimum absolute atomic E-state index is 0.582. The molecule has 0 saturated heterocycles. The first-order valence-corrected chi connectivity index (χ1v) is 6.41. The van der Waals surface area contributed by atoms with Gasteiger partial charge >= 0.3 is 0 Å². The molecule has 1 aliphatic heterocycles. The molecule has 14 heavy (non-hydrogen) atoms. The molecule has 0 fully saturated rings. The minimum atomic E-state index is -3.10. The van der Waals surface area contributed by atoms with Crippen molar-refractivity contribution in [1.29, 1.82) is 0 Å². The van der Waals surface area contributed by atoms with Crippen LogP contribution in [0.25, 0.3) is 0 Å². The topological polar surface area (TPSA) is 37.4 Å². The van der Waals surface area contributed by atoms with Crippen molar-refractivity contribution >= 4 is 15.7 Å². The molecular formula is C10H13NO2S. The van der Waals surface area contributed by atoms with E-state index in [-0.39, 0.29) is 0 Å². The summed E-state index contributed by atoms with van der Waals surface area (Å²) in [7, 11) is -3.10. The Bertz CT molecular complexity index is 465. The molecule has 0 radical (unpaired) electrons. The summed E-state index contributed by atoms with van der Waals surface area (Å²) in [6.07, 6.45) is 2.08. The number of rotatable bonds is 1. The van der Waals surface area contributed by atoms with Crippen LogP contribution < -0.4 is 4.31 Å². The van der Waals surface area contributed by atoms with Crippen molar-refractivity contribution in [1.82, 2.24) is 0 Å². The van der Waals surface area contributed by atoms with Crippen LogP contribution in [0.15, 0.2) is 18.2 Å². The third kappa shape index (κ3) is 1.39. The normalized spacial score (nSPS) is 15.7. The Morgan fingerprint density at radius 1 is 1.36 bits per heavy atom. The van der Waals surface area contributed by atoms with Gasteiger partial charge in [0.05, 0.1) is 11.9 Å². The molecule has 0 unspecified atom stereocenters. The summed E-state index contributed by atoms with van der Waals surface area (Å²) in [5.74, 6) is 0. The van der Waals surface area contributed by atoms with Gasteiger partial charge in [-0.1, -0.05) is 12.1 Å². The predicted molar refractivity (Wildman–Crippen MR) is 57.1 cm³/mol. The maximum atomic E-state index is 11.4. The molecule has 0 amide bonds. The monoisotopic (exact) mass is 211 g/mol. The van der Waals surface area contributed by atoms with Crippen molar-refractivity contribution in [2.24, 2.45) is 0 Å². The summed E-state index contributed by atoms with van der Waals surface area (Å²) in [4.78, 5) is 0. The molecule has 0 spiro atoms. The Balaban J connectivity index is 2.56. The van der Waals surface area contributed by atoms with E-state index < -0.39 is 10.0 Å². The van der Waals surface area contributed by atoms with Crippen molar-refractivity contribution in [3.63, 3.8) is 0 Å². The van der Waals surface area contributed by atoms with Gasteiger partial charge in [-0.2, -0.15) is 0 Å². The molecule has 0 N–H and O–H groups in total. The average Bonchev–Trinajstić information content (AvgIpc) is 2.47. The average molecular weight is 211 g/mol. The van der Waals surface area contributed by atoms with E-state index in [1.165, 1.54) is 16.1 Å². The highest BCUT2D eigenvalue weighted by molar-refractivity contribution is 7.92. The van der Waals surface area contributed by atoms with E-state index in [9.17, 15) is 8.42 Å². The van der Waals surface area contributed by atoms with Crippen molar-refractivity contribution in [2.75, 3.05) is 17.1 Å². The predicted octanol–water partition coefficient (Wildman–Crippen LogP) is 1.32. The molecule has 2 rings (SSSR count). The molecule has 0 aromatic heterocycles. The number of nitrogens with zero attached hydrogens (tertiary/aromatic N) is 1. The first kappa shape index (κ1) is 9.52. The van der Waals surface area contributed by atoms with Crippen LogP contribution in [-0.2, 0) is 16.4 Å². The second-order valence-electron chi connectivity index (χ2n) is 3.66. The van der Waals surface area contributed by atoms with Gasteiger partial charge in [-0.15, -0.1) is 0 Å². The van der Waals surface area contributed by atoms with E-state index >= 15 is 0 Å². The van der Waals surface area contributed by atoms with Crippen LogP contribution in [0, 0.1) is 6.92 Å². The van der Waals surface area contributed by atoms with Gasteiger partial charge in [0.1, 0.15) is 0 Å². The van der Waals surface area contributed by atoms with Gasteiger partial charge in [-0.3, -0.25) is 4.31 Å². The Hall–Kier alpha value is -1.03. The van der Waals surface area contributed by atoms with Crippen LogP contribution in [-0.4, -0.2) is 21.2 Å². The number of hydrogen-bond acceptors (Lipinski definition) is 2. The van der Waals surface area contributed by atoms with Crippen LogP contribution in [0.1, 0.15) is 11.1 Å². The van der Waals surface area contributed by atoms with E-state index in [4.69, 9.17) is 0 Å². The Kier molecular flexibility index (Phi) is 2.03. The lowest BCUT2D eigenvalue weighted by molar-refractivity contribution is 0.598. The molecule has 76 valence electrons. The SMILES string of the molecule is Cc1cccc2c1CCN2S(C)(=O)=O. The largest absolute Gasteiger partial charge is 0.270 e. The van der Waals surface area contributed by atoms with Crippen LogP contribution in [0.4, 0.5) is 5.69 Å². The van der Waals surface area contributed by atoms with Crippen molar-refractivity contribution < 1.29 is 8.42 Å². The zero-order valence-electron chi connectivity index (χ0n) is 8.32. The van der Waals surface area contributed by atoms with Crippen molar-refractivity contribution in [3.05, 3.63) is 29.3 Å². The highest BCUT2D eigenvalue weighted by Gasteiger charge is 2.26. The Morgan fingerprint density at radius 3 is 2.71 bits per heavy atom. The summed E-state index contributed by atoms with van der Waals surface area (Å²) in [5, 5.41) is 0. The maximum absolute atomic E-state index is 11.4. The fourth-order valence-electron chi connectivity index (χ4n) is 1.92. The lowest BCUT2D eigenvalue weighted by Gasteiger charge is -2.16. The Labute approximate surface area is 84.4 Å². The van der Waals surface area contributed by atoms with Gasteiger partial charge in [-0.05, 0) is 30.5 Å².